The van der Waals surface area contributed by atoms with E-state index in [2.05, 4.69) is 18.7 Å². The number of furan rings is 1. The van der Waals surface area contributed by atoms with Gasteiger partial charge in [-0.2, -0.15) is 0 Å². The second kappa shape index (κ2) is 11.8. The highest BCUT2D eigenvalue weighted by Gasteiger charge is 2.47. The Balaban J connectivity index is 1.83. The first-order valence-corrected chi connectivity index (χ1v) is 11.8. The van der Waals surface area contributed by atoms with Gasteiger partial charge in [-0.15, -0.1) is 0 Å². The molecule has 1 aliphatic heterocycles. The fourth-order valence-corrected chi connectivity index (χ4v) is 4.18. The summed E-state index contributed by atoms with van der Waals surface area (Å²) in [6.45, 7) is 7.56. The maximum absolute atomic E-state index is 13.3. The minimum Gasteiger partial charge on any atom is -0.507 e. The molecule has 1 N–H and O–H groups in total. The highest BCUT2D eigenvalue weighted by Crippen LogP contribution is 2.39. The summed E-state index contributed by atoms with van der Waals surface area (Å²) in [5.41, 5.74) is 0.242. The molecule has 1 atom stereocenters. The lowest BCUT2D eigenvalue weighted by atomic mass is 9.99. The van der Waals surface area contributed by atoms with Gasteiger partial charge >= 0.3 is 0 Å². The van der Waals surface area contributed by atoms with E-state index in [-0.39, 0.29) is 16.9 Å². The third-order valence-electron chi connectivity index (χ3n) is 6.00. The first kappa shape index (κ1) is 24.7. The van der Waals surface area contributed by atoms with Gasteiger partial charge in [0.2, 0.25) is 0 Å². The number of benzene rings is 1. The van der Waals surface area contributed by atoms with E-state index in [1.54, 1.807) is 12.1 Å². The van der Waals surface area contributed by atoms with Crippen LogP contribution < -0.4 is 0 Å². The molecule has 7 heteroatoms. The van der Waals surface area contributed by atoms with Gasteiger partial charge in [0.15, 0.2) is 0 Å². The van der Waals surface area contributed by atoms with E-state index in [1.807, 2.05) is 0 Å². The van der Waals surface area contributed by atoms with E-state index in [1.165, 1.54) is 35.4 Å². The van der Waals surface area contributed by atoms with Gasteiger partial charge in [-0.05, 0) is 75.3 Å². The third-order valence-corrected chi connectivity index (χ3v) is 6.00. The molecule has 1 aromatic carbocycles. The molecule has 1 aliphatic rings. The Morgan fingerprint density at radius 1 is 1.03 bits per heavy atom. The van der Waals surface area contributed by atoms with E-state index < -0.39 is 23.5 Å². The highest BCUT2D eigenvalue weighted by atomic mass is 19.1. The number of Topliss-reactive ketones (excluding diaryl/α,β-unsaturated/α-hetero) is 1. The summed E-state index contributed by atoms with van der Waals surface area (Å²) in [5.74, 6) is -1.79. The standard InChI is InChI=1S/C26H33FN2O4/c1-3-5-14-28(15-6-4-2)16-8-17-29-23(21-9-7-18-33-21)22(25(31)26(29)32)24(30)19-10-12-20(27)13-11-19/h7,9-13,18,23,30H,3-6,8,14-17H2,1-2H3/t23-/m0/s1. The number of aliphatic hydroxyl groups is 1. The fourth-order valence-electron chi connectivity index (χ4n) is 4.18. The molecule has 33 heavy (non-hydrogen) atoms. The number of nitrogens with zero attached hydrogens (tertiary/aromatic N) is 2. The molecule has 3 rings (SSSR count). The monoisotopic (exact) mass is 456 g/mol. The number of hydrogen-bond donors (Lipinski definition) is 1. The molecule has 0 bridgehead atoms. The van der Waals surface area contributed by atoms with Crippen LogP contribution in [0.1, 0.15) is 63.3 Å². The summed E-state index contributed by atoms with van der Waals surface area (Å²) in [6, 6.07) is 7.74. The fraction of sp³-hybridized carbons (Fsp3) is 0.462. The number of halogens is 1. The molecular formula is C26H33FN2O4. The molecule has 1 amide bonds. The summed E-state index contributed by atoms with van der Waals surface area (Å²) < 4.78 is 18.9. The minimum atomic E-state index is -0.815. The van der Waals surface area contributed by atoms with Crippen LogP contribution in [0, 0.1) is 5.82 Å². The number of likely N-dealkylation sites (tertiary alicyclic amines) is 1. The first-order chi connectivity index (χ1) is 16.0. The Hall–Kier alpha value is -2.93. The molecule has 0 radical (unpaired) electrons. The van der Waals surface area contributed by atoms with Gasteiger partial charge in [0.05, 0.1) is 11.8 Å². The Labute approximate surface area is 194 Å². The SMILES string of the molecule is CCCCN(CCCC)CCCN1C(=O)C(=O)C(=C(O)c2ccc(F)cc2)[C@@H]1c1ccco1. The zero-order valence-corrected chi connectivity index (χ0v) is 19.4. The quantitative estimate of drug-likeness (QED) is 0.272. The van der Waals surface area contributed by atoms with Crippen LogP contribution in [0.2, 0.25) is 0 Å². The lowest BCUT2D eigenvalue weighted by Gasteiger charge is -2.26. The Morgan fingerprint density at radius 2 is 1.67 bits per heavy atom. The maximum Gasteiger partial charge on any atom is 0.295 e. The number of rotatable bonds is 12. The molecule has 2 aromatic rings. The van der Waals surface area contributed by atoms with Crippen LogP contribution in [-0.4, -0.2) is 52.8 Å². The molecule has 0 spiro atoms. The van der Waals surface area contributed by atoms with Crippen LogP contribution in [0.3, 0.4) is 0 Å². The zero-order valence-electron chi connectivity index (χ0n) is 19.4. The van der Waals surface area contributed by atoms with Crippen molar-refractivity contribution in [2.45, 2.75) is 52.0 Å². The number of hydrogen-bond acceptors (Lipinski definition) is 5. The van der Waals surface area contributed by atoms with E-state index >= 15 is 0 Å². The largest absolute Gasteiger partial charge is 0.507 e. The molecule has 0 saturated carbocycles. The predicted molar refractivity (Wildman–Crippen MR) is 125 cm³/mol. The van der Waals surface area contributed by atoms with Crippen LogP contribution >= 0.6 is 0 Å². The van der Waals surface area contributed by atoms with Crippen molar-refractivity contribution in [1.29, 1.82) is 0 Å². The summed E-state index contributed by atoms with van der Waals surface area (Å²) in [5, 5.41) is 10.9. The van der Waals surface area contributed by atoms with Gasteiger partial charge in [0, 0.05) is 12.1 Å². The molecule has 0 aliphatic carbocycles. The summed E-state index contributed by atoms with van der Waals surface area (Å²) in [4.78, 5) is 29.8. The van der Waals surface area contributed by atoms with E-state index in [0.29, 0.717) is 18.7 Å². The number of amides is 1. The van der Waals surface area contributed by atoms with Gasteiger partial charge in [-0.25, -0.2) is 4.39 Å². The topological polar surface area (TPSA) is 74.0 Å². The minimum absolute atomic E-state index is 0.0321. The first-order valence-electron chi connectivity index (χ1n) is 11.8. The predicted octanol–water partition coefficient (Wildman–Crippen LogP) is 5.13. The maximum atomic E-state index is 13.3. The van der Waals surface area contributed by atoms with Crippen molar-refractivity contribution in [3.63, 3.8) is 0 Å². The molecule has 1 aromatic heterocycles. The van der Waals surface area contributed by atoms with Crippen LogP contribution in [-0.2, 0) is 9.59 Å². The van der Waals surface area contributed by atoms with Gasteiger partial charge in [0.1, 0.15) is 23.4 Å². The van der Waals surface area contributed by atoms with Crippen LogP contribution in [0.5, 0.6) is 0 Å². The molecule has 6 nitrogen and oxygen atoms in total. The van der Waals surface area contributed by atoms with Crippen molar-refractivity contribution < 1.29 is 23.5 Å². The number of aliphatic hydroxyl groups excluding tert-OH is 1. The number of unbranched alkanes of at least 4 members (excludes halogenated alkanes) is 2. The summed E-state index contributed by atoms with van der Waals surface area (Å²) in [6.07, 6.45) is 6.67. The lowest BCUT2D eigenvalue weighted by Crippen LogP contribution is -2.34. The van der Waals surface area contributed by atoms with Crippen molar-refractivity contribution in [2.75, 3.05) is 26.2 Å². The van der Waals surface area contributed by atoms with Gasteiger partial charge in [-0.1, -0.05) is 26.7 Å². The Morgan fingerprint density at radius 3 is 2.24 bits per heavy atom. The van der Waals surface area contributed by atoms with Crippen molar-refractivity contribution in [1.82, 2.24) is 9.80 Å². The van der Waals surface area contributed by atoms with Gasteiger partial charge in [-0.3, -0.25) is 9.59 Å². The summed E-state index contributed by atoms with van der Waals surface area (Å²) >= 11 is 0. The van der Waals surface area contributed by atoms with E-state index in [4.69, 9.17) is 4.42 Å². The number of carbonyl (C=O) groups excluding carboxylic acids is 2. The summed E-state index contributed by atoms with van der Waals surface area (Å²) in [7, 11) is 0. The van der Waals surface area contributed by atoms with E-state index in [9.17, 15) is 19.1 Å². The van der Waals surface area contributed by atoms with Crippen molar-refractivity contribution >= 4 is 17.4 Å². The Bertz CT molecular complexity index is 945. The Kier molecular flexibility index (Phi) is 8.83. The lowest BCUT2D eigenvalue weighted by molar-refractivity contribution is -0.140. The van der Waals surface area contributed by atoms with Crippen molar-refractivity contribution in [3.05, 3.63) is 65.4 Å². The zero-order chi connectivity index (χ0) is 23.8. The van der Waals surface area contributed by atoms with Gasteiger partial charge in [0.25, 0.3) is 11.7 Å². The molecular weight excluding hydrogens is 423 g/mol. The number of ketones is 1. The van der Waals surface area contributed by atoms with Crippen LogP contribution in [0.15, 0.2) is 52.7 Å². The van der Waals surface area contributed by atoms with Crippen LogP contribution in [0.25, 0.3) is 5.76 Å². The van der Waals surface area contributed by atoms with Crippen molar-refractivity contribution in [3.8, 4) is 0 Å². The van der Waals surface area contributed by atoms with E-state index in [0.717, 1.165) is 45.3 Å². The second-order valence-corrected chi connectivity index (χ2v) is 8.42. The normalized spacial score (nSPS) is 17.9. The molecule has 2 heterocycles. The average Bonchev–Trinajstić information content (AvgIpc) is 3.43. The molecule has 0 unspecified atom stereocenters. The molecule has 1 saturated heterocycles. The van der Waals surface area contributed by atoms with Crippen LogP contribution in [0.4, 0.5) is 4.39 Å². The average molecular weight is 457 g/mol. The third kappa shape index (κ3) is 5.90. The molecule has 178 valence electrons. The van der Waals surface area contributed by atoms with Crippen molar-refractivity contribution in [2.24, 2.45) is 0 Å². The number of carbonyl (C=O) groups is 2. The highest BCUT2D eigenvalue weighted by molar-refractivity contribution is 6.46. The smallest absolute Gasteiger partial charge is 0.295 e. The molecule has 1 fully saturated rings. The second-order valence-electron chi connectivity index (χ2n) is 8.42. The van der Waals surface area contributed by atoms with Gasteiger partial charge < -0.3 is 19.3 Å².